The Morgan fingerprint density at radius 3 is 2.38 bits per heavy atom. The highest BCUT2D eigenvalue weighted by atomic mass is 35.5. The molecule has 0 aliphatic rings. The third-order valence-corrected chi connectivity index (χ3v) is 4.24. The van der Waals surface area contributed by atoms with Crippen LogP contribution in [0.15, 0.2) is 42.5 Å². The lowest BCUT2D eigenvalue weighted by molar-refractivity contribution is -0.137. The third kappa shape index (κ3) is 6.04. The van der Waals surface area contributed by atoms with Crippen molar-refractivity contribution in [3.05, 3.63) is 63.6 Å². The van der Waals surface area contributed by atoms with Crippen molar-refractivity contribution in [3.63, 3.8) is 0 Å². The maximum atomic E-state index is 10.6. The van der Waals surface area contributed by atoms with Gasteiger partial charge in [-0.05, 0) is 48.9 Å². The normalized spacial score (nSPS) is 10.8. The van der Waals surface area contributed by atoms with Gasteiger partial charge in [-0.1, -0.05) is 41.4 Å². The van der Waals surface area contributed by atoms with Crippen LogP contribution in [0.25, 0.3) is 0 Å². The van der Waals surface area contributed by atoms with Gasteiger partial charge in [-0.25, -0.2) is 0 Å². The summed E-state index contributed by atoms with van der Waals surface area (Å²) in [6.45, 7) is 1.15. The van der Waals surface area contributed by atoms with E-state index < -0.39 is 5.97 Å². The van der Waals surface area contributed by atoms with Gasteiger partial charge < -0.3 is 9.84 Å². The number of ether oxygens (including phenoxy) is 1. The Morgan fingerprint density at radius 2 is 1.75 bits per heavy atom. The number of benzene rings is 2. The summed E-state index contributed by atoms with van der Waals surface area (Å²) in [6.07, 6.45) is 0.789. The van der Waals surface area contributed by atoms with Crippen LogP contribution in [0.1, 0.15) is 11.1 Å². The Bertz CT molecular complexity index is 689. The molecule has 6 heteroatoms. The largest absolute Gasteiger partial charge is 0.489 e. The van der Waals surface area contributed by atoms with Crippen LogP contribution in [0, 0.1) is 0 Å². The van der Waals surface area contributed by atoms with Crippen molar-refractivity contribution >= 4 is 29.2 Å². The highest BCUT2D eigenvalue weighted by Crippen LogP contribution is 2.23. The molecule has 0 saturated heterocycles. The van der Waals surface area contributed by atoms with Gasteiger partial charge in [0.2, 0.25) is 0 Å². The molecule has 0 amide bonds. The van der Waals surface area contributed by atoms with Crippen molar-refractivity contribution in [2.45, 2.75) is 13.0 Å². The van der Waals surface area contributed by atoms with Gasteiger partial charge in [0.25, 0.3) is 0 Å². The molecule has 0 aliphatic heterocycles. The summed E-state index contributed by atoms with van der Waals surface area (Å²) >= 11 is 11.9. The molecule has 0 radical (unpaired) electrons. The molecule has 0 bridgehead atoms. The van der Waals surface area contributed by atoms with E-state index in [1.54, 1.807) is 24.1 Å². The number of hydrogen-bond acceptors (Lipinski definition) is 3. The summed E-state index contributed by atoms with van der Waals surface area (Å²) in [5, 5.41) is 9.77. The molecule has 4 nitrogen and oxygen atoms in total. The lowest BCUT2D eigenvalue weighted by Crippen LogP contribution is -2.27. The molecule has 0 aliphatic carbocycles. The van der Waals surface area contributed by atoms with Crippen molar-refractivity contribution in [2.75, 3.05) is 20.1 Å². The first kappa shape index (κ1) is 18.6. The minimum absolute atomic E-state index is 0.0465. The minimum Gasteiger partial charge on any atom is -0.489 e. The summed E-state index contributed by atoms with van der Waals surface area (Å²) in [7, 11) is 1.79. The van der Waals surface area contributed by atoms with E-state index >= 15 is 0 Å². The second-order valence-electron chi connectivity index (χ2n) is 5.56. The van der Waals surface area contributed by atoms with Crippen LogP contribution in [0.5, 0.6) is 5.75 Å². The third-order valence-electron chi connectivity index (χ3n) is 3.50. The monoisotopic (exact) mass is 367 g/mol. The molecule has 0 fully saturated rings. The molecule has 1 N–H and O–H groups in total. The van der Waals surface area contributed by atoms with E-state index in [4.69, 9.17) is 33.0 Å². The second kappa shape index (κ2) is 8.92. The molecule has 2 aromatic carbocycles. The zero-order valence-electron chi connectivity index (χ0n) is 13.3. The highest BCUT2D eigenvalue weighted by Gasteiger charge is 2.05. The maximum Gasteiger partial charge on any atom is 0.317 e. The molecule has 0 saturated carbocycles. The number of carboxylic acid groups (broad SMARTS) is 1. The van der Waals surface area contributed by atoms with Crippen molar-refractivity contribution in [3.8, 4) is 5.75 Å². The number of aliphatic carboxylic acids is 1. The van der Waals surface area contributed by atoms with Crippen LogP contribution in [0.3, 0.4) is 0 Å². The molecule has 0 aromatic heterocycles. The van der Waals surface area contributed by atoms with Crippen molar-refractivity contribution in [1.82, 2.24) is 4.90 Å². The molecule has 128 valence electrons. The van der Waals surface area contributed by atoms with Crippen LogP contribution >= 0.6 is 23.2 Å². The summed E-state index contributed by atoms with van der Waals surface area (Å²) < 4.78 is 5.73. The molecule has 0 spiro atoms. The van der Waals surface area contributed by atoms with Gasteiger partial charge in [0, 0.05) is 6.54 Å². The molecule has 24 heavy (non-hydrogen) atoms. The van der Waals surface area contributed by atoms with Crippen molar-refractivity contribution < 1.29 is 14.6 Å². The Hall–Kier alpha value is -1.75. The molecule has 2 aromatic rings. The smallest absolute Gasteiger partial charge is 0.317 e. The van der Waals surface area contributed by atoms with Gasteiger partial charge in [-0.3, -0.25) is 9.69 Å². The van der Waals surface area contributed by atoms with Crippen LogP contribution in [-0.2, 0) is 17.8 Å². The fraction of sp³-hybridized carbons (Fsp3) is 0.278. The van der Waals surface area contributed by atoms with E-state index in [0.717, 1.165) is 23.3 Å². The first-order chi connectivity index (χ1) is 11.4. The standard InChI is InChI=1S/C18H19Cl2NO3/c1-21(11-18(22)23)9-8-13-2-5-15(6-3-13)24-12-14-4-7-16(19)17(20)10-14/h2-7,10H,8-9,11-12H2,1H3,(H,22,23). The maximum absolute atomic E-state index is 10.6. The fourth-order valence-electron chi connectivity index (χ4n) is 2.18. The summed E-state index contributed by atoms with van der Waals surface area (Å²) in [5.74, 6) is -0.0488. The van der Waals surface area contributed by atoms with E-state index in [1.807, 2.05) is 30.3 Å². The quantitative estimate of drug-likeness (QED) is 0.761. The summed E-state index contributed by atoms with van der Waals surface area (Å²) in [5.41, 5.74) is 2.08. The molecule has 0 heterocycles. The summed E-state index contributed by atoms with van der Waals surface area (Å²) in [4.78, 5) is 12.4. The van der Waals surface area contributed by atoms with Crippen LogP contribution in [0.2, 0.25) is 10.0 Å². The number of halogens is 2. The van der Waals surface area contributed by atoms with Gasteiger partial charge in [-0.15, -0.1) is 0 Å². The van der Waals surface area contributed by atoms with E-state index in [1.165, 1.54) is 0 Å². The minimum atomic E-state index is -0.816. The van der Waals surface area contributed by atoms with Crippen LogP contribution in [0.4, 0.5) is 0 Å². The number of rotatable bonds is 8. The number of nitrogens with zero attached hydrogens (tertiary/aromatic N) is 1. The predicted molar refractivity (Wildman–Crippen MR) is 96.1 cm³/mol. The van der Waals surface area contributed by atoms with Gasteiger partial charge in [0.1, 0.15) is 12.4 Å². The zero-order chi connectivity index (χ0) is 17.5. The molecule has 0 atom stereocenters. The second-order valence-corrected chi connectivity index (χ2v) is 6.38. The van der Waals surface area contributed by atoms with E-state index in [2.05, 4.69) is 0 Å². The van der Waals surface area contributed by atoms with Crippen LogP contribution < -0.4 is 4.74 Å². The Morgan fingerprint density at radius 1 is 1.08 bits per heavy atom. The first-order valence-corrected chi connectivity index (χ1v) is 8.25. The number of carbonyl (C=O) groups is 1. The highest BCUT2D eigenvalue weighted by molar-refractivity contribution is 6.42. The number of carboxylic acids is 1. The van der Waals surface area contributed by atoms with Crippen LogP contribution in [-0.4, -0.2) is 36.1 Å². The Kier molecular flexibility index (Phi) is 6.91. The number of hydrogen-bond donors (Lipinski definition) is 1. The first-order valence-electron chi connectivity index (χ1n) is 7.50. The molecule has 2 rings (SSSR count). The average Bonchev–Trinajstić information content (AvgIpc) is 2.54. The van der Waals surface area contributed by atoms with E-state index in [-0.39, 0.29) is 6.54 Å². The molecular formula is C18H19Cl2NO3. The van der Waals surface area contributed by atoms with Crippen molar-refractivity contribution in [1.29, 1.82) is 0 Å². The molecule has 0 unspecified atom stereocenters. The fourth-order valence-corrected chi connectivity index (χ4v) is 2.50. The Labute approximate surface area is 151 Å². The predicted octanol–water partition coefficient (Wildman–Crippen LogP) is 4.13. The van der Waals surface area contributed by atoms with Gasteiger partial charge >= 0.3 is 5.97 Å². The van der Waals surface area contributed by atoms with Gasteiger partial charge in [0.15, 0.2) is 0 Å². The van der Waals surface area contributed by atoms with E-state index in [0.29, 0.717) is 23.2 Å². The number of likely N-dealkylation sites (N-methyl/N-ethyl adjacent to an activating group) is 1. The zero-order valence-corrected chi connectivity index (χ0v) is 14.8. The average molecular weight is 368 g/mol. The topological polar surface area (TPSA) is 49.8 Å². The van der Waals surface area contributed by atoms with Gasteiger partial charge in [0.05, 0.1) is 16.6 Å². The van der Waals surface area contributed by atoms with Gasteiger partial charge in [-0.2, -0.15) is 0 Å². The van der Waals surface area contributed by atoms with E-state index in [9.17, 15) is 4.79 Å². The Balaban J connectivity index is 1.83. The lowest BCUT2D eigenvalue weighted by atomic mass is 10.1. The molecular weight excluding hydrogens is 349 g/mol. The summed E-state index contributed by atoms with van der Waals surface area (Å²) in [6, 6.07) is 13.2. The lowest BCUT2D eigenvalue weighted by Gasteiger charge is -2.14. The van der Waals surface area contributed by atoms with Crippen molar-refractivity contribution in [2.24, 2.45) is 0 Å². The SMILES string of the molecule is CN(CCc1ccc(OCc2ccc(Cl)c(Cl)c2)cc1)CC(=O)O.